The van der Waals surface area contributed by atoms with Crippen molar-refractivity contribution in [2.45, 2.75) is 13.8 Å². The molecular weight excluding hydrogens is 318 g/mol. The molecule has 0 fully saturated rings. The molecule has 2 aromatic carbocycles. The molecule has 0 saturated carbocycles. The molecule has 2 aromatic rings. The fourth-order valence-corrected chi connectivity index (χ4v) is 2.06. The van der Waals surface area contributed by atoms with Gasteiger partial charge in [-0.25, -0.2) is 4.79 Å². The van der Waals surface area contributed by atoms with Crippen LogP contribution in [0.15, 0.2) is 48.5 Å². The lowest BCUT2D eigenvalue weighted by Gasteiger charge is -2.11. The number of hydrogen-bond acceptors (Lipinski definition) is 3. The van der Waals surface area contributed by atoms with Crippen molar-refractivity contribution in [1.82, 2.24) is 5.32 Å². The first-order chi connectivity index (χ1) is 12.0. The van der Waals surface area contributed by atoms with Gasteiger partial charge in [-0.1, -0.05) is 26.0 Å². The van der Waals surface area contributed by atoms with Crippen LogP contribution in [-0.4, -0.2) is 25.6 Å². The summed E-state index contributed by atoms with van der Waals surface area (Å²) < 4.78 is 5.65. The third-order valence-corrected chi connectivity index (χ3v) is 3.28. The molecule has 2 rings (SSSR count). The number of rotatable bonds is 6. The molecule has 0 heterocycles. The van der Waals surface area contributed by atoms with Crippen LogP contribution in [0.25, 0.3) is 0 Å². The average Bonchev–Trinajstić information content (AvgIpc) is 2.60. The number of nitrogens with one attached hydrogen (secondary N) is 3. The average molecular weight is 341 g/mol. The zero-order valence-electron chi connectivity index (χ0n) is 14.6. The van der Waals surface area contributed by atoms with E-state index in [-0.39, 0.29) is 11.9 Å². The van der Waals surface area contributed by atoms with Crippen molar-refractivity contribution < 1.29 is 14.3 Å². The molecule has 3 N–H and O–H groups in total. The van der Waals surface area contributed by atoms with Crippen molar-refractivity contribution in [2.24, 2.45) is 5.92 Å². The molecule has 0 aliphatic heterocycles. The molecule has 132 valence electrons. The minimum Gasteiger partial charge on any atom is -0.493 e. The normalized spacial score (nSPS) is 10.2. The SMILES string of the molecule is CNC(=O)Nc1cccc(NC(=O)c2cccc(OCC(C)C)c2)c1. The highest BCUT2D eigenvalue weighted by molar-refractivity contribution is 6.04. The van der Waals surface area contributed by atoms with Gasteiger partial charge < -0.3 is 20.7 Å². The van der Waals surface area contributed by atoms with E-state index in [1.165, 1.54) is 7.05 Å². The molecule has 0 aliphatic carbocycles. The van der Waals surface area contributed by atoms with E-state index in [0.29, 0.717) is 35.2 Å². The van der Waals surface area contributed by atoms with E-state index in [4.69, 9.17) is 4.74 Å². The van der Waals surface area contributed by atoms with E-state index in [1.807, 2.05) is 6.07 Å². The summed E-state index contributed by atoms with van der Waals surface area (Å²) in [7, 11) is 1.54. The van der Waals surface area contributed by atoms with Gasteiger partial charge >= 0.3 is 6.03 Å². The maximum absolute atomic E-state index is 12.4. The lowest BCUT2D eigenvalue weighted by Crippen LogP contribution is -2.24. The molecule has 6 nitrogen and oxygen atoms in total. The van der Waals surface area contributed by atoms with Crippen LogP contribution in [0, 0.1) is 5.92 Å². The van der Waals surface area contributed by atoms with Gasteiger partial charge in [0.15, 0.2) is 0 Å². The van der Waals surface area contributed by atoms with Crippen LogP contribution in [0.5, 0.6) is 5.75 Å². The van der Waals surface area contributed by atoms with Gasteiger partial charge in [0.2, 0.25) is 0 Å². The van der Waals surface area contributed by atoms with Crippen LogP contribution in [0.3, 0.4) is 0 Å². The monoisotopic (exact) mass is 341 g/mol. The van der Waals surface area contributed by atoms with Crippen LogP contribution in [0.2, 0.25) is 0 Å². The summed E-state index contributed by atoms with van der Waals surface area (Å²) in [5.41, 5.74) is 1.68. The summed E-state index contributed by atoms with van der Waals surface area (Å²) in [6.45, 7) is 4.73. The lowest BCUT2D eigenvalue weighted by molar-refractivity contribution is 0.102. The summed E-state index contributed by atoms with van der Waals surface area (Å²) in [5.74, 6) is 0.830. The summed E-state index contributed by atoms with van der Waals surface area (Å²) in [6.07, 6.45) is 0. The number of carbonyl (C=O) groups is 2. The van der Waals surface area contributed by atoms with Crippen molar-refractivity contribution in [1.29, 1.82) is 0 Å². The van der Waals surface area contributed by atoms with Gasteiger partial charge in [-0.3, -0.25) is 4.79 Å². The number of hydrogen-bond donors (Lipinski definition) is 3. The highest BCUT2D eigenvalue weighted by Gasteiger charge is 2.09. The van der Waals surface area contributed by atoms with Crippen molar-refractivity contribution in [3.05, 3.63) is 54.1 Å². The van der Waals surface area contributed by atoms with Gasteiger partial charge in [0.1, 0.15) is 5.75 Å². The van der Waals surface area contributed by atoms with Crippen molar-refractivity contribution in [3.8, 4) is 5.75 Å². The zero-order valence-corrected chi connectivity index (χ0v) is 14.6. The molecule has 25 heavy (non-hydrogen) atoms. The molecule has 0 aromatic heterocycles. The van der Waals surface area contributed by atoms with Gasteiger partial charge in [-0.15, -0.1) is 0 Å². The summed E-state index contributed by atoms with van der Waals surface area (Å²) in [4.78, 5) is 23.8. The number of carbonyl (C=O) groups excluding carboxylic acids is 2. The number of urea groups is 1. The second-order valence-corrected chi connectivity index (χ2v) is 5.97. The Hall–Kier alpha value is -3.02. The number of ether oxygens (including phenoxy) is 1. The predicted octanol–water partition coefficient (Wildman–Crippen LogP) is 3.73. The molecule has 0 bridgehead atoms. The highest BCUT2D eigenvalue weighted by atomic mass is 16.5. The summed E-state index contributed by atoms with van der Waals surface area (Å²) in [5, 5.41) is 7.95. The molecule has 0 radical (unpaired) electrons. The maximum atomic E-state index is 12.4. The lowest BCUT2D eigenvalue weighted by atomic mass is 10.2. The van der Waals surface area contributed by atoms with Crippen LogP contribution in [0.1, 0.15) is 24.2 Å². The summed E-state index contributed by atoms with van der Waals surface area (Å²) >= 11 is 0. The third-order valence-electron chi connectivity index (χ3n) is 3.28. The Morgan fingerprint density at radius 1 is 1.00 bits per heavy atom. The van der Waals surface area contributed by atoms with Gasteiger partial charge in [-0.2, -0.15) is 0 Å². The van der Waals surface area contributed by atoms with E-state index in [9.17, 15) is 9.59 Å². The fraction of sp³-hybridized carbons (Fsp3) is 0.263. The largest absolute Gasteiger partial charge is 0.493 e. The Bertz CT molecular complexity index is 744. The smallest absolute Gasteiger partial charge is 0.318 e. The van der Waals surface area contributed by atoms with Crippen LogP contribution < -0.4 is 20.7 Å². The standard InChI is InChI=1S/C19H23N3O3/c1-13(2)12-25-17-9-4-6-14(10-17)18(23)21-15-7-5-8-16(11-15)22-19(24)20-3/h4-11,13H,12H2,1-3H3,(H,21,23)(H2,20,22,24). The maximum Gasteiger partial charge on any atom is 0.318 e. The highest BCUT2D eigenvalue weighted by Crippen LogP contribution is 2.18. The van der Waals surface area contributed by atoms with Gasteiger partial charge in [0, 0.05) is 24.0 Å². The number of benzene rings is 2. The fourth-order valence-electron chi connectivity index (χ4n) is 2.06. The second kappa shape index (κ2) is 8.73. The van der Waals surface area contributed by atoms with Crippen LogP contribution in [0.4, 0.5) is 16.2 Å². The molecule has 3 amide bonds. The van der Waals surface area contributed by atoms with E-state index < -0.39 is 0 Å². The molecule has 0 spiro atoms. The van der Waals surface area contributed by atoms with E-state index in [2.05, 4.69) is 29.8 Å². The molecule has 0 aliphatic rings. The Labute approximate surface area is 147 Å². The van der Waals surface area contributed by atoms with E-state index >= 15 is 0 Å². The minimum absolute atomic E-state index is 0.243. The number of anilines is 2. The van der Waals surface area contributed by atoms with Gasteiger partial charge in [0.25, 0.3) is 5.91 Å². The predicted molar refractivity (Wildman–Crippen MR) is 99.2 cm³/mol. The Kier molecular flexibility index (Phi) is 6.39. The molecular formula is C19H23N3O3. The third kappa shape index (κ3) is 5.84. The first kappa shape index (κ1) is 18.3. The Morgan fingerprint density at radius 2 is 1.68 bits per heavy atom. The quantitative estimate of drug-likeness (QED) is 0.749. The van der Waals surface area contributed by atoms with Crippen molar-refractivity contribution >= 4 is 23.3 Å². The van der Waals surface area contributed by atoms with E-state index in [0.717, 1.165) is 0 Å². The van der Waals surface area contributed by atoms with Crippen LogP contribution >= 0.6 is 0 Å². The molecule has 0 unspecified atom stereocenters. The molecule has 0 saturated heterocycles. The topological polar surface area (TPSA) is 79.5 Å². The van der Waals surface area contributed by atoms with Crippen molar-refractivity contribution in [3.63, 3.8) is 0 Å². The first-order valence-corrected chi connectivity index (χ1v) is 8.11. The van der Waals surface area contributed by atoms with E-state index in [1.54, 1.807) is 42.5 Å². The zero-order chi connectivity index (χ0) is 18.2. The Morgan fingerprint density at radius 3 is 2.36 bits per heavy atom. The molecule has 6 heteroatoms. The van der Waals surface area contributed by atoms with Crippen LogP contribution in [-0.2, 0) is 0 Å². The van der Waals surface area contributed by atoms with Gasteiger partial charge in [-0.05, 0) is 42.3 Å². The first-order valence-electron chi connectivity index (χ1n) is 8.11. The molecule has 0 atom stereocenters. The second-order valence-electron chi connectivity index (χ2n) is 5.97. The number of amides is 3. The van der Waals surface area contributed by atoms with Crippen molar-refractivity contribution in [2.75, 3.05) is 24.3 Å². The minimum atomic E-state index is -0.321. The Balaban J connectivity index is 2.05. The summed E-state index contributed by atoms with van der Waals surface area (Å²) in [6, 6.07) is 13.7. The van der Waals surface area contributed by atoms with Gasteiger partial charge in [0.05, 0.1) is 6.61 Å².